The Balaban J connectivity index is 2.33. The van der Waals surface area contributed by atoms with Crippen LogP contribution in [0.2, 0.25) is 0 Å². The monoisotopic (exact) mass is 347 g/mol. The summed E-state index contributed by atoms with van der Waals surface area (Å²) in [7, 11) is -3.25. The van der Waals surface area contributed by atoms with E-state index in [4.69, 9.17) is 0 Å². The highest BCUT2D eigenvalue weighted by molar-refractivity contribution is 9.10. The SMILES string of the molecule is CC(C)S(=O)(=O)c1ccc(N2CCC(O)C2)c(Br)c1. The van der Waals surface area contributed by atoms with Crippen molar-refractivity contribution in [3.05, 3.63) is 22.7 Å². The van der Waals surface area contributed by atoms with E-state index in [1.54, 1.807) is 32.0 Å². The molecule has 0 bridgehead atoms. The number of aliphatic hydroxyl groups is 1. The Labute approximate surface area is 122 Å². The average Bonchev–Trinajstić information content (AvgIpc) is 2.75. The zero-order valence-electron chi connectivity index (χ0n) is 11.0. The first-order chi connectivity index (χ1) is 8.82. The van der Waals surface area contributed by atoms with Crippen molar-refractivity contribution in [2.75, 3.05) is 18.0 Å². The second-order valence-corrected chi connectivity index (χ2v) is 8.45. The van der Waals surface area contributed by atoms with E-state index in [1.165, 1.54) is 0 Å². The van der Waals surface area contributed by atoms with E-state index in [0.29, 0.717) is 11.4 Å². The highest BCUT2D eigenvalue weighted by Gasteiger charge is 2.24. The van der Waals surface area contributed by atoms with Crippen molar-refractivity contribution in [3.8, 4) is 0 Å². The van der Waals surface area contributed by atoms with Gasteiger partial charge >= 0.3 is 0 Å². The van der Waals surface area contributed by atoms with E-state index in [9.17, 15) is 13.5 Å². The summed E-state index contributed by atoms with van der Waals surface area (Å²) in [6, 6.07) is 5.09. The Morgan fingerprint density at radius 3 is 2.58 bits per heavy atom. The number of sulfone groups is 1. The molecule has 2 rings (SSSR count). The van der Waals surface area contributed by atoms with Gasteiger partial charge < -0.3 is 10.0 Å². The first-order valence-electron chi connectivity index (χ1n) is 6.29. The number of anilines is 1. The van der Waals surface area contributed by atoms with Crippen LogP contribution in [0.15, 0.2) is 27.6 Å². The molecule has 6 heteroatoms. The summed E-state index contributed by atoms with van der Waals surface area (Å²) in [5.41, 5.74) is 0.930. The molecule has 0 spiro atoms. The van der Waals surface area contributed by atoms with Crippen molar-refractivity contribution in [3.63, 3.8) is 0 Å². The highest BCUT2D eigenvalue weighted by atomic mass is 79.9. The number of aliphatic hydroxyl groups excluding tert-OH is 1. The number of benzene rings is 1. The summed E-state index contributed by atoms with van der Waals surface area (Å²) < 4.78 is 24.9. The number of halogens is 1. The van der Waals surface area contributed by atoms with Gasteiger partial charge in [0.25, 0.3) is 0 Å². The molecule has 1 unspecified atom stereocenters. The predicted octanol–water partition coefficient (Wildman–Crippen LogP) is 2.20. The lowest BCUT2D eigenvalue weighted by molar-refractivity contribution is 0.198. The number of hydrogen-bond acceptors (Lipinski definition) is 4. The molecule has 0 aliphatic carbocycles. The van der Waals surface area contributed by atoms with E-state index in [0.717, 1.165) is 23.1 Å². The second kappa shape index (κ2) is 5.42. The Hall–Kier alpha value is -0.590. The predicted molar refractivity (Wildman–Crippen MR) is 79.3 cm³/mol. The van der Waals surface area contributed by atoms with E-state index in [1.807, 2.05) is 0 Å². The molecular formula is C13H18BrNO3S. The largest absolute Gasteiger partial charge is 0.391 e. The topological polar surface area (TPSA) is 57.6 Å². The fourth-order valence-electron chi connectivity index (χ4n) is 2.15. The quantitative estimate of drug-likeness (QED) is 0.910. The van der Waals surface area contributed by atoms with E-state index < -0.39 is 15.1 Å². The van der Waals surface area contributed by atoms with Gasteiger partial charge in [-0.05, 0) is 54.4 Å². The van der Waals surface area contributed by atoms with E-state index >= 15 is 0 Å². The third kappa shape index (κ3) is 2.95. The van der Waals surface area contributed by atoms with Gasteiger partial charge in [0.15, 0.2) is 9.84 Å². The Bertz CT molecular complexity index is 571. The Morgan fingerprint density at radius 2 is 2.11 bits per heavy atom. The van der Waals surface area contributed by atoms with Crippen molar-refractivity contribution in [2.24, 2.45) is 0 Å². The third-order valence-corrected chi connectivity index (χ3v) is 6.16. The molecule has 1 fully saturated rings. The molecule has 1 aliphatic rings. The minimum Gasteiger partial charge on any atom is -0.391 e. The van der Waals surface area contributed by atoms with Crippen LogP contribution in [-0.4, -0.2) is 38.0 Å². The molecule has 1 aromatic carbocycles. The minimum atomic E-state index is -3.25. The van der Waals surface area contributed by atoms with Gasteiger partial charge in [-0.1, -0.05) is 0 Å². The molecule has 1 aliphatic heterocycles. The van der Waals surface area contributed by atoms with Gasteiger partial charge in [0, 0.05) is 17.6 Å². The fraction of sp³-hybridized carbons (Fsp3) is 0.538. The number of hydrogen-bond donors (Lipinski definition) is 1. The molecule has 1 heterocycles. The summed E-state index contributed by atoms with van der Waals surface area (Å²) in [5.74, 6) is 0. The van der Waals surface area contributed by atoms with Crippen molar-refractivity contribution < 1.29 is 13.5 Å². The third-order valence-electron chi connectivity index (χ3n) is 3.37. The summed E-state index contributed by atoms with van der Waals surface area (Å²) >= 11 is 3.43. The maximum atomic E-state index is 12.1. The summed E-state index contributed by atoms with van der Waals surface area (Å²) in [6.07, 6.45) is 0.448. The maximum absolute atomic E-state index is 12.1. The summed E-state index contributed by atoms with van der Waals surface area (Å²) in [4.78, 5) is 2.39. The van der Waals surface area contributed by atoms with Crippen LogP contribution >= 0.6 is 15.9 Å². The van der Waals surface area contributed by atoms with Crippen LogP contribution in [0.5, 0.6) is 0 Å². The van der Waals surface area contributed by atoms with Gasteiger partial charge in [0.1, 0.15) is 0 Å². The van der Waals surface area contributed by atoms with E-state index in [-0.39, 0.29) is 6.10 Å². The molecule has 1 saturated heterocycles. The molecule has 0 aromatic heterocycles. The van der Waals surface area contributed by atoms with Crippen LogP contribution < -0.4 is 4.90 Å². The lowest BCUT2D eigenvalue weighted by atomic mass is 10.3. The molecular weight excluding hydrogens is 330 g/mol. The standard InChI is InChI=1S/C13H18BrNO3S/c1-9(2)19(17,18)11-3-4-13(12(14)7-11)15-6-5-10(16)8-15/h3-4,7,9-10,16H,5-6,8H2,1-2H3. The van der Waals surface area contributed by atoms with Crippen LogP contribution in [0.4, 0.5) is 5.69 Å². The van der Waals surface area contributed by atoms with Gasteiger partial charge in [-0.15, -0.1) is 0 Å². The zero-order valence-corrected chi connectivity index (χ0v) is 13.4. The van der Waals surface area contributed by atoms with Crippen LogP contribution in [0.1, 0.15) is 20.3 Å². The second-order valence-electron chi connectivity index (χ2n) is 5.10. The molecule has 4 nitrogen and oxygen atoms in total. The van der Waals surface area contributed by atoms with Gasteiger partial charge in [-0.25, -0.2) is 8.42 Å². The van der Waals surface area contributed by atoms with Crippen molar-refractivity contribution in [2.45, 2.75) is 36.5 Å². The van der Waals surface area contributed by atoms with Crippen molar-refractivity contribution in [1.29, 1.82) is 0 Å². The van der Waals surface area contributed by atoms with Crippen LogP contribution in [0.3, 0.4) is 0 Å². The molecule has 1 aromatic rings. The maximum Gasteiger partial charge on any atom is 0.180 e. The first-order valence-corrected chi connectivity index (χ1v) is 8.62. The lowest BCUT2D eigenvalue weighted by Crippen LogP contribution is -2.22. The van der Waals surface area contributed by atoms with Crippen LogP contribution in [0.25, 0.3) is 0 Å². The lowest BCUT2D eigenvalue weighted by Gasteiger charge is -2.20. The van der Waals surface area contributed by atoms with Gasteiger partial charge in [-0.3, -0.25) is 0 Å². The van der Waals surface area contributed by atoms with Crippen molar-refractivity contribution in [1.82, 2.24) is 0 Å². The Morgan fingerprint density at radius 1 is 1.42 bits per heavy atom. The smallest absolute Gasteiger partial charge is 0.180 e. The molecule has 19 heavy (non-hydrogen) atoms. The summed E-state index contributed by atoms with van der Waals surface area (Å²) in [6.45, 7) is 4.73. The molecule has 1 N–H and O–H groups in total. The molecule has 0 radical (unpaired) electrons. The first kappa shape index (κ1) is 14.8. The zero-order chi connectivity index (χ0) is 14.2. The molecule has 0 amide bonds. The number of rotatable bonds is 3. The number of nitrogens with zero attached hydrogens (tertiary/aromatic N) is 1. The van der Waals surface area contributed by atoms with Crippen LogP contribution in [-0.2, 0) is 9.84 Å². The Kier molecular flexibility index (Phi) is 4.23. The minimum absolute atomic E-state index is 0.300. The summed E-state index contributed by atoms with van der Waals surface area (Å²) in [5, 5.41) is 9.12. The van der Waals surface area contributed by atoms with Gasteiger partial charge in [-0.2, -0.15) is 0 Å². The molecule has 106 valence electrons. The fourth-order valence-corrected chi connectivity index (χ4v) is 4.02. The highest BCUT2D eigenvalue weighted by Crippen LogP contribution is 2.32. The van der Waals surface area contributed by atoms with Gasteiger partial charge in [0.2, 0.25) is 0 Å². The molecule has 1 atom stereocenters. The average molecular weight is 348 g/mol. The molecule has 0 saturated carbocycles. The van der Waals surface area contributed by atoms with E-state index in [2.05, 4.69) is 20.8 Å². The number of β-amino-alcohol motifs (C(OH)–C–C–N with tert-alkyl or cyclic N) is 1. The van der Waals surface area contributed by atoms with Crippen molar-refractivity contribution >= 4 is 31.5 Å². The normalized spacial score (nSPS) is 20.3. The van der Waals surface area contributed by atoms with Gasteiger partial charge in [0.05, 0.1) is 21.9 Å². The van der Waals surface area contributed by atoms with Crippen LogP contribution in [0, 0.1) is 0 Å².